The Morgan fingerprint density at radius 2 is 1.50 bits per heavy atom. The van der Waals surface area contributed by atoms with Crippen molar-refractivity contribution in [3.8, 4) is 5.75 Å². The second-order valence-electron chi connectivity index (χ2n) is 11.1. The van der Waals surface area contributed by atoms with Crippen molar-refractivity contribution >= 4 is 17.9 Å². The Bertz CT molecular complexity index is 1050. The topological polar surface area (TPSA) is 108 Å². The van der Waals surface area contributed by atoms with E-state index in [9.17, 15) is 19.5 Å². The number of ether oxygens (including phenoxy) is 1. The van der Waals surface area contributed by atoms with Gasteiger partial charge in [-0.2, -0.15) is 0 Å². The van der Waals surface area contributed by atoms with E-state index < -0.39 is 35.2 Å². The van der Waals surface area contributed by atoms with Crippen LogP contribution in [0.15, 0.2) is 48.5 Å². The van der Waals surface area contributed by atoms with Crippen molar-refractivity contribution in [2.45, 2.75) is 78.1 Å². The first-order valence-corrected chi connectivity index (χ1v) is 12.0. The SMILES string of the molecule is Cc1ccc(C(C(=O)NC(C)(C)C)N(C)C(=O)C(Cc2ccc(O)cc2)NC(=O)OC(C)(C)C)cc1. The van der Waals surface area contributed by atoms with Crippen LogP contribution >= 0.6 is 0 Å². The van der Waals surface area contributed by atoms with Crippen molar-refractivity contribution in [1.82, 2.24) is 15.5 Å². The normalized spacial score (nSPS) is 13.3. The highest BCUT2D eigenvalue weighted by molar-refractivity contribution is 5.92. The number of rotatable bonds is 7. The van der Waals surface area contributed by atoms with Gasteiger partial charge in [0, 0.05) is 19.0 Å². The van der Waals surface area contributed by atoms with Gasteiger partial charge in [-0.15, -0.1) is 0 Å². The van der Waals surface area contributed by atoms with Gasteiger partial charge in [0.1, 0.15) is 23.4 Å². The smallest absolute Gasteiger partial charge is 0.408 e. The first kappa shape index (κ1) is 28.7. The number of hydrogen-bond donors (Lipinski definition) is 3. The Balaban J connectivity index is 2.42. The molecule has 0 aromatic heterocycles. The number of aromatic hydroxyl groups is 1. The van der Waals surface area contributed by atoms with E-state index in [0.29, 0.717) is 5.56 Å². The maximum Gasteiger partial charge on any atom is 0.408 e. The monoisotopic (exact) mass is 497 g/mol. The van der Waals surface area contributed by atoms with Crippen LogP contribution < -0.4 is 10.6 Å². The highest BCUT2D eigenvalue weighted by Gasteiger charge is 2.35. The number of nitrogens with zero attached hydrogens (tertiary/aromatic N) is 1. The molecule has 0 saturated carbocycles. The summed E-state index contributed by atoms with van der Waals surface area (Å²) in [5, 5.41) is 15.3. The predicted octanol–water partition coefficient (Wildman–Crippen LogP) is 4.25. The number of carbonyl (C=O) groups excluding carboxylic acids is 3. The third kappa shape index (κ3) is 8.91. The zero-order chi connectivity index (χ0) is 27.3. The van der Waals surface area contributed by atoms with Crippen LogP contribution in [0.2, 0.25) is 0 Å². The number of phenolic OH excluding ortho intramolecular Hbond substituents is 1. The number of amides is 3. The van der Waals surface area contributed by atoms with E-state index in [-0.39, 0.29) is 18.1 Å². The maximum absolute atomic E-state index is 13.8. The summed E-state index contributed by atoms with van der Waals surface area (Å²) in [4.78, 5) is 41.1. The summed E-state index contributed by atoms with van der Waals surface area (Å²) in [5.41, 5.74) is 1.14. The first-order chi connectivity index (χ1) is 16.6. The van der Waals surface area contributed by atoms with Gasteiger partial charge >= 0.3 is 6.09 Å². The summed E-state index contributed by atoms with van der Waals surface area (Å²) in [6.07, 6.45) is -0.594. The van der Waals surface area contributed by atoms with Gasteiger partial charge in [-0.05, 0) is 71.7 Å². The van der Waals surface area contributed by atoms with Crippen LogP contribution in [0.1, 0.15) is 64.3 Å². The van der Waals surface area contributed by atoms with Gasteiger partial charge in [-0.1, -0.05) is 42.0 Å². The molecule has 2 unspecified atom stereocenters. The molecule has 0 radical (unpaired) electrons. The van der Waals surface area contributed by atoms with E-state index in [1.54, 1.807) is 40.0 Å². The van der Waals surface area contributed by atoms with Crippen LogP contribution in [0, 0.1) is 6.92 Å². The Morgan fingerprint density at radius 1 is 0.944 bits per heavy atom. The molecule has 0 fully saturated rings. The molecule has 3 amide bonds. The van der Waals surface area contributed by atoms with E-state index in [4.69, 9.17) is 4.74 Å². The van der Waals surface area contributed by atoms with Gasteiger partial charge in [0.15, 0.2) is 0 Å². The number of nitrogens with one attached hydrogen (secondary N) is 2. The highest BCUT2D eigenvalue weighted by atomic mass is 16.6. The maximum atomic E-state index is 13.8. The minimum Gasteiger partial charge on any atom is -0.508 e. The Labute approximate surface area is 214 Å². The number of carbonyl (C=O) groups is 3. The van der Waals surface area contributed by atoms with Gasteiger partial charge in [0.2, 0.25) is 11.8 Å². The zero-order valence-electron chi connectivity index (χ0n) is 22.5. The minimum absolute atomic E-state index is 0.0946. The lowest BCUT2D eigenvalue weighted by atomic mass is 9.99. The molecule has 0 aliphatic carbocycles. The van der Waals surface area contributed by atoms with Crippen molar-refractivity contribution in [3.05, 3.63) is 65.2 Å². The molecule has 0 aliphatic rings. The fourth-order valence-electron chi connectivity index (χ4n) is 3.63. The van der Waals surface area contributed by atoms with E-state index in [1.165, 1.54) is 17.0 Å². The van der Waals surface area contributed by atoms with Crippen molar-refractivity contribution in [2.75, 3.05) is 7.05 Å². The van der Waals surface area contributed by atoms with Gasteiger partial charge in [0.25, 0.3) is 0 Å². The predicted molar refractivity (Wildman–Crippen MR) is 140 cm³/mol. The van der Waals surface area contributed by atoms with Crippen molar-refractivity contribution in [3.63, 3.8) is 0 Å². The fraction of sp³-hybridized carbons (Fsp3) is 0.464. The lowest BCUT2D eigenvalue weighted by molar-refractivity contribution is -0.141. The number of likely N-dealkylation sites (N-methyl/N-ethyl adjacent to an activating group) is 1. The summed E-state index contributed by atoms with van der Waals surface area (Å²) < 4.78 is 5.39. The molecule has 8 nitrogen and oxygen atoms in total. The van der Waals surface area contributed by atoms with E-state index >= 15 is 0 Å². The first-order valence-electron chi connectivity index (χ1n) is 12.0. The Morgan fingerprint density at radius 3 is 2.00 bits per heavy atom. The molecule has 0 aliphatic heterocycles. The number of alkyl carbamates (subject to hydrolysis) is 1. The van der Waals surface area contributed by atoms with Gasteiger partial charge in [-0.25, -0.2) is 4.79 Å². The highest BCUT2D eigenvalue weighted by Crippen LogP contribution is 2.23. The molecule has 0 saturated heterocycles. The lowest BCUT2D eigenvalue weighted by Crippen LogP contribution is -2.54. The Kier molecular flexibility index (Phi) is 9.13. The van der Waals surface area contributed by atoms with Crippen LogP contribution in [-0.2, 0) is 20.7 Å². The van der Waals surface area contributed by atoms with Crippen molar-refractivity contribution in [2.24, 2.45) is 0 Å². The van der Waals surface area contributed by atoms with E-state index in [2.05, 4.69) is 10.6 Å². The van der Waals surface area contributed by atoms with Gasteiger partial charge < -0.3 is 25.4 Å². The third-order valence-corrected chi connectivity index (χ3v) is 5.24. The van der Waals surface area contributed by atoms with Gasteiger partial charge in [-0.3, -0.25) is 9.59 Å². The van der Waals surface area contributed by atoms with Crippen LogP contribution in [0.3, 0.4) is 0 Å². The van der Waals surface area contributed by atoms with Crippen LogP contribution in [0.25, 0.3) is 0 Å². The summed E-state index contributed by atoms with van der Waals surface area (Å²) in [6, 6.07) is 11.9. The molecule has 2 aromatic carbocycles. The molecule has 8 heteroatoms. The summed E-state index contributed by atoms with van der Waals surface area (Å²) in [5.74, 6) is -0.691. The number of phenols is 1. The van der Waals surface area contributed by atoms with Crippen LogP contribution in [-0.4, -0.2) is 52.1 Å². The average Bonchev–Trinajstić information content (AvgIpc) is 2.73. The molecule has 2 rings (SSSR count). The Hall–Kier alpha value is -3.55. The largest absolute Gasteiger partial charge is 0.508 e. The van der Waals surface area contributed by atoms with Crippen LogP contribution in [0.4, 0.5) is 4.79 Å². The number of hydrogen-bond acceptors (Lipinski definition) is 5. The van der Waals surface area contributed by atoms with E-state index in [0.717, 1.165) is 11.1 Å². The van der Waals surface area contributed by atoms with Crippen molar-refractivity contribution in [1.29, 1.82) is 0 Å². The lowest BCUT2D eigenvalue weighted by Gasteiger charge is -2.33. The summed E-state index contributed by atoms with van der Waals surface area (Å²) in [6.45, 7) is 12.8. The number of aryl methyl sites for hydroxylation is 1. The molecule has 0 spiro atoms. The fourth-order valence-corrected chi connectivity index (χ4v) is 3.63. The average molecular weight is 498 g/mol. The third-order valence-electron chi connectivity index (χ3n) is 5.24. The summed E-state index contributed by atoms with van der Waals surface area (Å²) in [7, 11) is 1.55. The standard InChI is InChI=1S/C28H39N3O5/c1-18-9-13-20(14-10-18)23(24(33)30-27(2,3)4)31(8)25(34)22(29-26(35)36-28(5,6)7)17-19-11-15-21(32)16-12-19/h9-16,22-23,32H,17H2,1-8H3,(H,29,35)(H,30,33). The van der Waals surface area contributed by atoms with E-state index in [1.807, 2.05) is 52.0 Å². The molecule has 2 atom stereocenters. The summed E-state index contributed by atoms with van der Waals surface area (Å²) >= 11 is 0. The van der Waals surface area contributed by atoms with Gasteiger partial charge in [0.05, 0.1) is 0 Å². The quantitative estimate of drug-likeness (QED) is 0.530. The molecule has 3 N–H and O–H groups in total. The molecular weight excluding hydrogens is 458 g/mol. The number of benzene rings is 2. The minimum atomic E-state index is -1.01. The molecule has 2 aromatic rings. The molecule has 0 bridgehead atoms. The second kappa shape index (κ2) is 11.5. The molecule has 36 heavy (non-hydrogen) atoms. The molecule has 0 heterocycles. The van der Waals surface area contributed by atoms with Crippen LogP contribution in [0.5, 0.6) is 5.75 Å². The molecule has 196 valence electrons. The second-order valence-corrected chi connectivity index (χ2v) is 11.1. The zero-order valence-corrected chi connectivity index (χ0v) is 22.5. The van der Waals surface area contributed by atoms with Crippen molar-refractivity contribution < 1.29 is 24.2 Å². The molecular formula is C28H39N3O5.